The molecule has 1 fully saturated rings. The Morgan fingerprint density at radius 3 is 2.70 bits per heavy atom. The van der Waals surface area contributed by atoms with Crippen LogP contribution in [0.5, 0.6) is 0 Å². The third-order valence-electron chi connectivity index (χ3n) is 3.26. The van der Waals surface area contributed by atoms with Gasteiger partial charge in [0.05, 0.1) is 17.6 Å². The highest BCUT2D eigenvalue weighted by Crippen LogP contribution is 2.26. The van der Waals surface area contributed by atoms with Crippen molar-refractivity contribution < 1.29 is 14.5 Å². The van der Waals surface area contributed by atoms with Gasteiger partial charge in [-0.3, -0.25) is 10.1 Å². The Morgan fingerprint density at radius 2 is 2.10 bits per heavy atom. The quantitative estimate of drug-likeness (QED) is 0.480. The average molecular weight is 276 g/mol. The van der Waals surface area contributed by atoms with Crippen molar-refractivity contribution in [3.63, 3.8) is 0 Å². The molecule has 1 heterocycles. The maximum Gasteiger partial charge on any atom is 0.344 e. The number of carbonyl (C=O) groups excluding carboxylic acids is 1. The second-order valence-corrected chi connectivity index (χ2v) is 4.55. The third kappa shape index (κ3) is 2.96. The van der Waals surface area contributed by atoms with E-state index in [1.807, 2.05) is 6.20 Å². The van der Waals surface area contributed by atoms with Crippen molar-refractivity contribution in [1.29, 1.82) is 0 Å². The van der Waals surface area contributed by atoms with Crippen LogP contribution < -0.4 is 0 Å². The lowest BCUT2D eigenvalue weighted by atomic mass is 10.1. The van der Waals surface area contributed by atoms with Crippen LogP contribution in [0, 0.1) is 10.1 Å². The molecule has 0 radical (unpaired) electrons. The molecule has 1 aromatic rings. The summed E-state index contributed by atoms with van der Waals surface area (Å²) in [6, 6.07) is 4.64. The van der Waals surface area contributed by atoms with Crippen LogP contribution in [0.4, 0.5) is 5.69 Å². The van der Waals surface area contributed by atoms with Gasteiger partial charge in [-0.05, 0) is 37.3 Å². The molecule has 106 valence electrons. The number of benzene rings is 1. The Hall–Kier alpha value is -2.37. The molecule has 0 aromatic heterocycles. The van der Waals surface area contributed by atoms with Crippen LogP contribution in [0.2, 0.25) is 0 Å². The molecule has 1 aliphatic heterocycles. The number of nitro groups is 1. The van der Waals surface area contributed by atoms with E-state index in [-0.39, 0.29) is 11.3 Å². The topological polar surface area (TPSA) is 72.7 Å². The fraction of sp³-hybridized carbons (Fsp3) is 0.357. The van der Waals surface area contributed by atoms with E-state index in [0.717, 1.165) is 25.9 Å². The number of para-hydroxylation sites is 1. The SMILES string of the molecule is COC(=O)c1cccc(C=CN2CCCC2)c1[N+](=O)[O-]. The maximum absolute atomic E-state index is 11.6. The summed E-state index contributed by atoms with van der Waals surface area (Å²) in [6.07, 6.45) is 5.79. The van der Waals surface area contributed by atoms with Gasteiger partial charge in [-0.2, -0.15) is 0 Å². The lowest BCUT2D eigenvalue weighted by Crippen LogP contribution is -2.10. The summed E-state index contributed by atoms with van der Waals surface area (Å²) in [6.45, 7) is 1.92. The van der Waals surface area contributed by atoms with Crippen molar-refractivity contribution in [3.05, 3.63) is 45.6 Å². The van der Waals surface area contributed by atoms with E-state index in [9.17, 15) is 14.9 Å². The third-order valence-corrected chi connectivity index (χ3v) is 3.26. The Morgan fingerprint density at radius 1 is 1.40 bits per heavy atom. The standard InChI is InChI=1S/C14H16N2O4/c1-20-14(17)12-6-4-5-11(13(12)16(18)19)7-10-15-8-2-3-9-15/h4-7,10H,2-3,8-9H2,1H3. The van der Waals surface area contributed by atoms with Crippen LogP contribution in [0.1, 0.15) is 28.8 Å². The predicted molar refractivity (Wildman–Crippen MR) is 74.3 cm³/mol. The maximum atomic E-state index is 11.6. The second kappa shape index (κ2) is 6.18. The van der Waals surface area contributed by atoms with E-state index >= 15 is 0 Å². The average Bonchev–Trinajstić information content (AvgIpc) is 2.96. The minimum atomic E-state index is -0.701. The second-order valence-electron chi connectivity index (χ2n) is 4.55. The van der Waals surface area contributed by atoms with Crippen LogP contribution in [-0.4, -0.2) is 36.0 Å². The lowest BCUT2D eigenvalue weighted by Gasteiger charge is -2.10. The fourth-order valence-electron chi connectivity index (χ4n) is 2.25. The van der Waals surface area contributed by atoms with Gasteiger partial charge in [0.25, 0.3) is 5.69 Å². The van der Waals surface area contributed by atoms with E-state index in [2.05, 4.69) is 9.64 Å². The van der Waals surface area contributed by atoms with Crippen molar-refractivity contribution in [1.82, 2.24) is 4.90 Å². The zero-order valence-corrected chi connectivity index (χ0v) is 11.2. The highest BCUT2D eigenvalue weighted by Gasteiger charge is 2.23. The number of nitrogens with zero attached hydrogens (tertiary/aromatic N) is 2. The predicted octanol–water partition coefficient (Wildman–Crippen LogP) is 2.45. The van der Waals surface area contributed by atoms with E-state index < -0.39 is 10.9 Å². The molecule has 1 saturated heterocycles. The van der Waals surface area contributed by atoms with Gasteiger partial charge in [-0.1, -0.05) is 6.07 Å². The first-order chi connectivity index (χ1) is 9.63. The van der Waals surface area contributed by atoms with Crippen molar-refractivity contribution in [2.45, 2.75) is 12.8 Å². The summed E-state index contributed by atoms with van der Waals surface area (Å²) in [4.78, 5) is 24.4. The first-order valence-electron chi connectivity index (χ1n) is 6.41. The molecule has 2 rings (SSSR count). The molecule has 0 saturated carbocycles. The molecule has 1 aromatic carbocycles. The summed E-state index contributed by atoms with van der Waals surface area (Å²) >= 11 is 0. The van der Waals surface area contributed by atoms with Gasteiger partial charge in [-0.15, -0.1) is 0 Å². The molecule has 6 heteroatoms. The number of carbonyl (C=O) groups is 1. The molecule has 0 amide bonds. The minimum absolute atomic E-state index is 0.0268. The molecule has 1 aliphatic rings. The number of methoxy groups -OCH3 is 1. The van der Waals surface area contributed by atoms with Gasteiger partial charge in [0.1, 0.15) is 5.56 Å². The number of nitro benzene ring substituents is 1. The Kier molecular flexibility index (Phi) is 4.34. The van der Waals surface area contributed by atoms with Gasteiger partial charge in [-0.25, -0.2) is 4.79 Å². The molecule has 0 spiro atoms. The Labute approximate surface area is 116 Å². The molecule has 0 N–H and O–H groups in total. The summed E-state index contributed by atoms with van der Waals surface area (Å²) in [5.41, 5.74) is 0.167. The summed E-state index contributed by atoms with van der Waals surface area (Å²) < 4.78 is 4.58. The molecule has 6 nitrogen and oxygen atoms in total. The monoisotopic (exact) mass is 276 g/mol. The molecule has 20 heavy (non-hydrogen) atoms. The van der Waals surface area contributed by atoms with E-state index in [1.54, 1.807) is 18.2 Å². The lowest BCUT2D eigenvalue weighted by molar-refractivity contribution is -0.385. The van der Waals surface area contributed by atoms with Crippen LogP contribution in [-0.2, 0) is 4.74 Å². The van der Waals surface area contributed by atoms with Crippen molar-refractivity contribution in [2.24, 2.45) is 0 Å². The zero-order chi connectivity index (χ0) is 14.5. The Bertz CT molecular complexity index is 548. The van der Waals surface area contributed by atoms with Crippen molar-refractivity contribution in [2.75, 3.05) is 20.2 Å². The first-order valence-corrected chi connectivity index (χ1v) is 6.41. The Balaban J connectivity index is 2.36. The van der Waals surface area contributed by atoms with Gasteiger partial charge < -0.3 is 9.64 Å². The number of ether oxygens (including phenoxy) is 1. The zero-order valence-electron chi connectivity index (χ0n) is 11.2. The van der Waals surface area contributed by atoms with Crippen molar-refractivity contribution in [3.8, 4) is 0 Å². The number of hydrogen-bond acceptors (Lipinski definition) is 5. The summed E-state index contributed by atoms with van der Waals surface area (Å²) in [7, 11) is 1.21. The first kappa shape index (κ1) is 14.0. The number of likely N-dealkylation sites (tertiary alicyclic amines) is 1. The van der Waals surface area contributed by atoms with Gasteiger partial charge in [0, 0.05) is 13.1 Å². The molecule has 0 bridgehead atoms. The van der Waals surface area contributed by atoms with Gasteiger partial charge in [0.2, 0.25) is 0 Å². The van der Waals surface area contributed by atoms with Crippen LogP contribution in [0.3, 0.4) is 0 Å². The molecular weight excluding hydrogens is 260 g/mol. The van der Waals surface area contributed by atoms with E-state index in [4.69, 9.17) is 0 Å². The molecule has 0 unspecified atom stereocenters. The van der Waals surface area contributed by atoms with E-state index in [1.165, 1.54) is 13.2 Å². The van der Waals surface area contributed by atoms with Gasteiger partial charge >= 0.3 is 5.97 Å². The largest absolute Gasteiger partial charge is 0.465 e. The summed E-state index contributed by atoms with van der Waals surface area (Å²) in [5, 5.41) is 11.2. The van der Waals surface area contributed by atoms with Crippen LogP contribution in [0.25, 0.3) is 6.08 Å². The molecule has 0 aliphatic carbocycles. The van der Waals surface area contributed by atoms with E-state index in [0.29, 0.717) is 5.56 Å². The fourth-order valence-corrected chi connectivity index (χ4v) is 2.25. The number of hydrogen-bond donors (Lipinski definition) is 0. The molecular formula is C14H16N2O4. The summed E-state index contributed by atoms with van der Waals surface area (Å²) in [5.74, 6) is -0.701. The minimum Gasteiger partial charge on any atom is -0.465 e. The number of esters is 1. The highest BCUT2D eigenvalue weighted by molar-refractivity contribution is 5.95. The van der Waals surface area contributed by atoms with Gasteiger partial charge in [0.15, 0.2) is 0 Å². The number of rotatable bonds is 4. The molecule has 0 atom stereocenters. The van der Waals surface area contributed by atoms with Crippen molar-refractivity contribution >= 4 is 17.7 Å². The highest BCUT2D eigenvalue weighted by atomic mass is 16.6. The smallest absolute Gasteiger partial charge is 0.344 e. The van der Waals surface area contributed by atoms with Crippen LogP contribution in [0.15, 0.2) is 24.4 Å². The normalized spacial score (nSPS) is 14.8. The van der Waals surface area contributed by atoms with Crippen LogP contribution >= 0.6 is 0 Å².